The van der Waals surface area contributed by atoms with Crippen molar-refractivity contribution in [1.29, 1.82) is 0 Å². The lowest BCUT2D eigenvalue weighted by molar-refractivity contribution is -0.120. The van der Waals surface area contributed by atoms with E-state index < -0.39 is 0 Å². The standard InChI is InChI=1S/C25H30N4O/c1-4-20-9-11-22(12-10-20)27-25(30)21-13-16-28(17-14-21)24-23(6-5-15-26-24)29-18(2)7-8-19(29)3/h5-12,15,21H,4,13-14,16-17H2,1-3H3,(H,27,30). The van der Waals surface area contributed by atoms with Crippen molar-refractivity contribution in [3.63, 3.8) is 0 Å². The van der Waals surface area contributed by atoms with Gasteiger partial charge in [0.25, 0.3) is 0 Å². The first kappa shape index (κ1) is 20.2. The number of amides is 1. The number of carbonyl (C=O) groups excluding carboxylic acids is 1. The van der Waals surface area contributed by atoms with E-state index in [-0.39, 0.29) is 11.8 Å². The van der Waals surface area contributed by atoms with Gasteiger partial charge in [-0.2, -0.15) is 0 Å². The Kier molecular flexibility index (Phi) is 5.88. The summed E-state index contributed by atoms with van der Waals surface area (Å²) >= 11 is 0. The maximum Gasteiger partial charge on any atom is 0.227 e. The van der Waals surface area contributed by atoms with Gasteiger partial charge >= 0.3 is 0 Å². The second-order valence-electron chi connectivity index (χ2n) is 8.10. The third kappa shape index (κ3) is 4.11. The van der Waals surface area contributed by atoms with Crippen molar-refractivity contribution in [3.8, 4) is 5.69 Å². The second kappa shape index (κ2) is 8.74. The van der Waals surface area contributed by atoms with Crippen LogP contribution >= 0.6 is 0 Å². The molecule has 1 amide bonds. The van der Waals surface area contributed by atoms with Crippen LogP contribution in [0.5, 0.6) is 0 Å². The summed E-state index contributed by atoms with van der Waals surface area (Å²) in [6.45, 7) is 8.03. The van der Waals surface area contributed by atoms with Crippen LogP contribution in [0, 0.1) is 19.8 Å². The third-order valence-electron chi connectivity index (χ3n) is 6.07. The summed E-state index contributed by atoms with van der Waals surface area (Å²) in [5.41, 5.74) is 5.66. The molecular weight excluding hydrogens is 372 g/mol. The van der Waals surface area contributed by atoms with E-state index in [4.69, 9.17) is 4.98 Å². The van der Waals surface area contributed by atoms with E-state index in [2.05, 4.69) is 65.9 Å². The molecule has 0 saturated carbocycles. The number of aryl methyl sites for hydroxylation is 3. The fourth-order valence-corrected chi connectivity index (χ4v) is 4.28. The van der Waals surface area contributed by atoms with Crippen LogP contribution in [-0.2, 0) is 11.2 Å². The Morgan fingerprint density at radius 3 is 2.33 bits per heavy atom. The molecule has 0 unspecified atom stereocenters. The summed E-state index contributed by atoms with van der Waals surface area (Å²) in [6.07, 6.45) is 4.52. The number of benzene rings is 1. The fraction of sp³-hybridized carbons (Fsp3) is 0.360. The van der Waals surface area contributed by atoms with Gasteiger partial charge in [-0.3, -0.25) is 4.79 Å². The molecule has 1 aromatic carbocycles. The van der Waals surface area contributed by atoms with Crippen LogP contribution in [0.15, 0.2) is 54.7 Å². The molecule has 0 aliphatic carbocycles. The van der Waals surface area contributed by atoms with Gasteiger partial charge < -0.3 is 14.8 Å². The summed E-state index contributed by atoms with van der Waals surface area (Å²) in [7, 11) is 0. The number of hydrogen-bond acceptors (Lipinski definition) is 3. The number of carbonyl (C=O) groups is 1. The number of rotatable bonds is 5. The number of anilines is 2. The van der Waals surface area contributed by atoms with Gasteiger partial charge in [-0.15, -0.1) is 0 Å². The van der Waals surface area contributed by atoms with E-state index in [0.29, 0.717) is 0 Å². The van der Waals surface area contributed by atoms with E-state index in [0.717, 1.165) is 49.5 Å². The molecule has 0 spiro atoms. The summed E-state index contributed by atoms with van der Waals surface area (Å²) < 4.78 is 2.25. The summed E-state index contributed by atoms with van der Waals surface area (Å²) in [6, 6.07) is 16.5. The van der Waals surface area contributed by atoms with Crippen LogP contribution < -0.4 is 10.2 Å². The lowest BCUT2D eigenvalue weighted by atomic mass is 9.95. The Labute approximate surface area is 178 Å². The molecule has 1 fully saturated rings. The number of hydrogen-bond donors (Lipinski definition) is 1. The number of piperidine rings is 1. The van der Waals surface area contributed by atoms with Gasteiger partial charge in [0.05, 0.1) is 5.69 Å². The zero-order valence-corrected chi connectivity index (χ0v) is 18.1. The fourth-order valence-electron chi connectivity index (χ4n) is 4.28. The Balaban J connectivity index is 1.43. The molecule has 2 aromatic heterocycles. The van der Waals surface area contributed by atoms with Crippen molar-refractivity contribution in [3.05, 3.63) is 71.7 Å². The molecule has 3 heterocycles. The quantitative estimate of drug-likeness (QED) is 0.660. The SMILES string of the molecule is CCc1ccc(NC(=O)C2CCN(c3ncccc3-n3c(C)ccc3C)CC2)cc1. The highest BCUT2D eigenvalue weighted by molar-refractivity contribution is 5.92. The summed E-state index contributed by atoms with van der Waals surface area (Å²) in [5.74, 6) is 1.15. The van der Waals surface area contributed by atoms with Crippen LogP contribution in [0.25, 0.3) is 5.69 Å². The summed E-state index contributed by atoms with van der Waals surface area (Å²) in [4.78, 5) is 19.8. The normalized spacial score (nSPS) is 14.7. The van der Waals surface area contributed by atoms with Gasteiger partial charge in [-0.25, -0.2) is 4.98 Å². The van der Waals surface area contributed by atoms with Crippen molar-refractivity contribution in [2.24, 2.45) is 5.92 Å². The highest BCUT2D eigenvalue weighted by atomic mass is 16.1. The third-order valence-corrected chi connectivity index (χ3v) is 6.07. The van der Waals surface area contributed by atoms with Gasteiger partial charge in [0, 0.05) is 42.3 Å². The first-order valence-corrected chi connectivity index (χ1v) is 10.8. The smallest absolute Gasteiger partial charge is 0.227 e. The van der Waals surface area contributed by atoms with Crippen LogP contribution in [0.4, 0.5) is 11.5 Å². The van der Waals surface area contributed by atoms with Gasteiger partial charge in [-0.1, -0.05) is 19.1 Å². The van der Waals surface area contributed by atoms with Crippen LogP contribution in [0.1, 0.15) is 36.7 Å². The van der Waals surface area contributed by atoms with Crippen molar-refractivity contribution in [1.82, 2.24) is 9.55 Å². The molecule has 1 saturated heterocycles. The van der Waals surface area contributed by atoms with Crippen molar-refractivity contribution < 1.29 is 4.79 Å². The van der Waals surface area contributed by atoms with Gasteiger partial charge in [0.1, 0.15) is 0 Å². The first-order valence-electron chi connectivity index (χ1n) is 10.8. The second-order valence-corrected chi connectivity index (χ2v) is 8.10. The minimum Gasteiger partial charge on any atom is -0.355 e. The topological polar surface area (TPSA) is 50.2 Å². The maximum atomic E-state index is 12.8. The highest BCUT2D eigenvalue weighted by Crippen LogP contribution is 2.29. The zero-order valence-electron chi connectivity index (χ0n) is 18.1. The number of nitrogens with zero attached hydrogens (tertiary/aromatic N) is 3. The Morgan fingerprint density at radius 2 is 1.70 bits per heavy atom. The Hall–Kier alpha value is -3.08. The van der Waals surface area contributed by atoms with E-state index in [1.165, 1.54) is 17.0 Å². The number of pyridine rings is 1. The maximum absolute atomic E-state index is 12.8. The van der Waals surface area contributed by atoms with Crippen molar-refractivity contribution >= 4 is 17.4 Å². The van der Waals surface area contributed by atoms with Crippen molar-refractivity contribution in [2.75, 3.05) is 23.3 Å². The molecule has 30 heavy (non-hydrogen) atoms. The number of aromatic nitrogens is 2. The van der Waals surface area contributed by atoms with E-state index in [1.807, 2.05) is 24.4 Å². The minimum atomic E-state index is 0.0364. The van der Waals surface area contributed by atoms with E-state index in [9.17, 15) is 4.79 Å². The van der Waals surface area contributed by atoms with E-state index >= 15 is 0 Å². The predicted octanol–water partition coefficient (Wildman–Crippen LogP) is 4.91. The average Bonchev–Trinajstić information content (AvgIpc) is 3.12. The van der Waals surface area contributed by atoms with Crippen LogP contribution in [-0.4, -0.2) is 28.5 Å². The van der Waals surface area contributed by atoms with Crippen LogP contribution in [0.3, 0.4) is 0 Å². The van der Waals surface area contributed by atoms with Gasteiger partial charge in [0.2, 0.25) is 5.91 Å². The van der Waals surface area contributed by atoms with Crippen LogP contribution in [0.2, 0.25) is 0 Å². The molecule has 0 radical (unpaired) electrons. The molecule has 3 aromatic rings. The molecule has 4 rings (SSSR count). The molecule has 1 aliphatic rings. The lowest BCUT2D eigenvalue weighted by Crippen LogP contribution is -2.39. The van der Waals surface area contributed by atoms with E-state index in [1.54, 1.807) is 0 Å². The summed E-state index contributed by atoms with van der Waals surface area (Å²) in [5, 5.41) is 3.09. The molecule has 0 atom stereocenters. The molecule has 1 aliphatic heterocycles. The van der Waals surface area contributed by atoms with Gasteiger partial charge in [-0.05, 0) is 75.1 Å². The first-order chi connectivity index (χ1) is 14.6. The molecular formula is C25H30N4O. The van der Waals surface area contributed by atoms with Gasteiger partial charge in [0.15, 0.2) is 5.82 Å². The molecule has 1 N–H and O–H groups in total. The molecule has 5 nitrogen and oxygen atoms in total. The zero-order chi connectivity index (χ0) is 21.1. The number of nitrogens with one attached hydrogen (secondary N) is 1. The lowest BCUT2D eigenvalue weighted by Gasteiger charge is -2.33. The molecule has 0 bridgehead atoms. The monoisotopic (exact) mass is 402 g/mol. The Morgan fingerprint density at radius 1 is 1.03 bits per heavy atom. The minimum absolute atomic E-state index is 0.0364. The van der Waals surface area contributed by atoms with Crippen molar-refractivity contribution in [2.45, 2.75) is 40.0 Å². The average molecular weight is 403 g/mol. The molecule has 5 heteroatoms. The Bertz CT molecular complexity index is 994. The highest BCUT2D eigenvalue weighted by Gasteiger charge is 2.27. The largest absolute Gasteiger partial charge is 0.355 e. The predicted molar refractivity (Wildman–Crippen MR) is 122 cm³/mol. The molecule has 156 valence electrons.